The molecule has 0 bridgehead atoms. The van der Waals surface area contributed by atoms with Gasteiger partial charge in [0.05, 0.1) is 20.6 Å². The monoisotopic (exact) mass is 637 g/mol. The number of benzene rings is 4. The van der Waals surface area contributed by atoms with Crippen molar-refractivity contribution in [3.63, 3.8) is 0 Å². The van der Waals surface area contributed by atoms with Crippen LogP contribution in [0.4, 0.5) is 5.69 Å². The number of hydrogen-bond donors (Lipinski definition) is 1. The highest BCUT2D eigenvalue weighted by atomic mass is 35.5. The highest BCUT2D eigenvalue weighted by molar-refractivity contribution is 7.92. The van der Waals surface area contributed by atoms with Crippen molar-refractivity contribution in [3.8, 4) is 0 Å². The molecule has 0 aliphatic carbocycles. The summed E-state index contributed by atoms with van der Waals surface area (Å²) >= 11 is 12.5. The van der Waals surface area contributed by atoms with Crippen molar-refractivity contribution < 1.29 is 18.0 Å². The van der Waals surface area contributed by atoms with Crippen molar-refractivity contribution in [1.82, 2.24) is 10.2 Å². The van der Waals surface area contributed by atoms with Gasteiger partial charge in [-0.25, -0.2) is 8.42 Å². The Kier molecular flexibility index (Phi) is 10.9. The molecule has 0 heterocycles. The molecule has 2 amide bonds. The van der Waals surface area contributed by atoms with Crippen LogP contribution >= 0.6 is 23.2 Å². The third-order valence-corrected chi connectivity index (χ3v) is 9.47. The first-order valence-electron chi connectivity index (χ1n) is 13.8. The zero-order chi connectivity index (χ0) is 31.0. The van der Waals surface area contributed by atoms with Gasteiger partial charge in [0.15, 0.2) is 0 Å². The molecule has 0 saturated heterocycles. The number of amides is 2. The second-order valence-electron chi connectivity index (χ2n) is 9.98. The Hall–Kier alpha value is -3.85. The normalized spacial score (nSPS) is 11.9. The van der Waals surface area contributed by atoms with E-state index in [0.717, 1.165) is 9.87 Å². The average Bonchev–Trinajstić information content (AvgIpc) is 3.00. The van der Waals surface area contributed by atoms with Crippen LogP contribution in [0.2, 0.25) is 10.0 Å². The van der Waals surface area contributed by atoms with Gasteiger partial charge in [-0.05, 0) is 60.9 Å². The number of anilines is 1. The standard InChI is InChI=1S/C33H33Cl2N3O4S/c1-3-36-33(40)31(21-25-13-6-4-7-14-25)37(22-26-18-19-28(34)29(35)20-26)32(39)23-38(30-17-11-10-12-24(30)2)43(41,42)27-15-8-5-9-16-27/h4-20,31H,3,21-23H2,1-2H3,(H,36,40)/t31-/m0/s1. The Bertz CT molecular complexity index is 1670. The van der Waals surface area contributed by atoms with Crippen molar-refractivity contribution in [2.45, 2.75) is 37.8 Å². The fourth-order valence-corrected chi connectivity index (χ4v) is 6.58. The Morgan fingerprint density at radius 3 is 2.07 bits per heavy atom. The summed E-state index contributed by atoms with van der Waals surface area (Å²) in [6, 6.07) is 28.4. The third-order valence-electron chi connectivity index (χ3n) is 6.95. The predicted molar refractivity (Wildman–Crippen MR) is 172 cm³/mol. The van der Waals surface area contributed by atoms with Gasteiger partial charge >= 0.3 is 0 Å². The summed E-state index contributed by atoms with van der Waals surface area (Å²) in [5, 5.41) is 3.50. The number of rotatable bonds is 12. The van der Waals surface area contributed by atoms with Gasteiger partial charge in [0.2, 0.25) is 11.8 Å². The Morgan fingerprint density at radius 1 is 0.814 bits per heavy atom. The summed E-state index contributed by atoms with van der Waals surface area (Å²) in [5.74, 6) is -0.908. The zero-order valence-electron chi connectivity index (χ0n) is 23.9. The van der Waals surface area contributed by atoms with Crippen molar-refractivity contribution in [3.05, 3.63) is 130 Å². The molecule has 43 heavy (non-hydrogen) atoms. The minimum Gasteiger partial charge on any atom is -0.355 e. The number of likely N-dealkylation sites (N-methyl/N-ethyl adjacent to an activating group) is 1. The molecule has 4 rings (SSSR count). The first-order chi connectivity index (χ1) is 20.6. The van der Waals surface area contributed by atoms with E-state index < -0.39 is 28.5 Å². The summed E-state index contributed by atoms with van der Waals surface area (Å²) in [6.07, 6.45) is 0.218. The SMILES string of the molecule is CCNC(=O)[C@H](Cc1ccccc1)N(Cc1ccc(Cl)c(Cl)c1)C(=O)CN(c1ccccc1C)S(=O)(=O)c1ccccc1. The number of nitrogens with zero attached hydrogens (tertiary/aromatic N) is 2. The number of carbonyl (C=O) groups excluding carboxylic acids is 2. The Labute approximate surface area is 263 Å². The molecule has 0 saturated carbocycles. The molecule has 4 aromatic rings. The van der Waals surface area contributed by atoms with Crippen LogP contribution < -0.4 is 9.62 Å². The second kappa shape index (κ2) is 14.6. The maximum atomic E-state index is 14.4. The van der Waals surface area contributed by atoms with E-state index in [4.69, 9.17) is 23.2 Å². The van der Waals surface area contributed by atoms with Crippen LogP contribution in [0.3, 0.4) is 0 Å². The number of nitrogens with one attached hydrogen (secondary N) is 1. The summed E-state index contributed by atoms with van der Waals surface area (Å²) < 4.78 is 29.2. The number of para-hydroxylation sites is 1. The van der Waals surface area contributed by atoms with E-state index >= 15 is 0 Å². The van der Waals surface area contributed by atoms with Crippen molar-refractivity contribution in [2.75, 3.05) is 17.4 Å². The van der Waals surface area contributed by atoms with Crippen LogP contribution in [0.1, 0.15) is 23.6 Å². The van der Waals surface area contributed by atoms with Gasteiger partial charge in [-0.1, -0.05) is 96.0 Å². The fourth-order valence-electron chi connectivity index (χ4n) is 4.76. The molecular formula is C33H33Cl2N3O4S. The zero-order valence-corrected chi connectivity index (χ0v) is 26.2. The van der Waals surface area contributed by atoms with Crippen molar-refractivity contribution in [1.29, 1.82) is 0 Å². The van der Waals surface area contributed by atoms with Crippen LogP contribution in [0.25, 0.3) is 0 Å². The predicted octanol–water partition coefficient (Wildman–Crippen LogP) is 6.27. The van der Waals surface area contributed by atoms with Crippen molar-refractivity contribution in [2.24, 2.45) is 0 Å². The van der Waals surface area contributed by atoms with Gasteiger partial charge in [-0.2, -0.15) is 0 Å². The molecule has 0 radical (unpaired) electrons. The lowest BCUT2D eigenvalue weighted by atomic mass is 10.0. The Balaban J connectivity index is 1.81. The van der Waals surface area contributed by atoms with Gasteiger partial charge in [0.1, 0.15) is 12.6 Å². The first-order valence-corrected chi connectivity index (χ1v) is 16.0. The van der Waals surface area contributed by atoms with E-state index in [1.54, 1.807) is 74.5 Å². The number of carbonyl (C=O) groups is 2. The Morgan fingerprint density at radius 2 is 1.44 bits per heavy atom. The van der Waals surface area contributed by atoms with Crippen molar-refractivity contribution >= 4 is 50.7 Å². The highest BCUT2D eigenvalue weighted by Gasteiger charge is 2.35. The molecule has 0 aliphatic rings. The quantitative estimate of drug-likeness (QED) is 0.198. The second-order valence-corrected chi connectivity index (χ2v) is 12.7. The van der Waals surface area contributed by atoms with Gasteiger partial charge in [-0.3, -0.25) is 13.9 Å². The third kappa shape index (κ3) is 7.96. The van der Waals surface area contributed by atoms with E-state index in [0.29, 0.717) is 33.4 Å². The maximum absolute atomic E-state index is 14.4. The summed E-state index contributed by atoms with van der Waals surface area (Å²) in [5.41, 5.74) is 2.53. The number of halogens is 2. The topological polar surface area (TPSA) is 86.8 Å². The van der Waals surface area contributed by atoms with E-state index in [2.05, 4.69) is 5.32 Å². The molecule has 0 aliphatic heterocycles. The van der Waals surface area contributed by atoms with Crippen LogP contribution in [-0.2, 0) is 32.6 Å². The molecule has 0 fully saturated rings. The molecule has 0 unspecified atom stereocenters. The van der Waals surface area contributed by atoms with E-state index in [1.807, 2.05) is 30.3 Å². The lowest BCUT2D eigenvalue weighted by Crippen LogP contribution is -2.53. The van der Waals surface area contributed by atoms with E-state index in [-0.39, 0.29) is 23.8 Å². The van der Waals surface area contributed by atoms with Crippen LogP contribution in [-0.4, -0.2) is 44.3 Å². The van der Waals surface area contributed by atoms with E-state index in [1.165, 1.54) is 17.0 Å². The first kappa shape index (κ1) is 32.1. The smallest absolute Gasteiger partial charge is 0.264 e. The molecule has 1 atom stereocenters. The molecule has 7 nitrogen and oxygen atoms in total. The van der Waals surface area contributed by atoms with Crippen LogP contribution in [0.5, 0.6) is 0 Å². The van der Waals surface area contributed by atoms with Gasteiger partial charge in [0.25, 0.3) is 10.0 Å². The maximum Gasteiger partial charge on any atom is 0.264 e. The summed E-state index contributed by atoms with van der Waals surface area (Å²) in [7, 11) is -4.16. The highest BCUT2D eigenvalue weighted by Crippen LogP contribution is 2.28. The molecule has 0 aromatic heterocycles. The minimum absolute atomic E-state index is 0.00263. The molecule has 10 heteroatoms. The number of aryl methyl sites for hydroxylation is 1. The van der Waals surface area contributed by atoms with E-state index in [9.17, 15) is 18.0 Å². The lowest BCUT2D eigenvalue weighted by molar-refractivity contribution is -0.140. The molecule has 4 aromatic carbocycles. The number of hydrogen-bond acceptors (Lipinski definition) is 4. The lowest BCUT2D eigenvalue weighted by Gasteiger charge is -2.34. The van der Waals surface area contributed by atoms with Gasteiger partial charge in [0, 0.05) is 19.5 Å². The number of sulfonamides is 1. The largest absolute Gasteiger partial charge is 0.355 e. The van der Waals surface area contributed by atoms with Crippen LogP contribution in [0, 0.1) is 6.92 Å². The minimum atomic E-state index is -4.16. The molecule has 224 valence electrons. The fraction of sp³-hybridized carbons (Fsp3) is 0.212. The average molecular weight is 639 g/mol. The summed E-state index contributed by atoms with van der Waals surface area (Å²) in [6.45, 7) is 3.41. The van der Waals surface area contributed by atoms with Gasteiger partial charge in [-0.15, -0.1) is 0 Å². The molecule has 1 N–H and O–H groups in total. The molecular weight excluding hydrogens is 605 g/mol. The molecule has 0 spiro atoms. The van der Waals surface area contributed by atoms with Gasteiger partial charge < -0.3 is 10.2 Å². The van der Waals surface area contributed by atoms with Crippen LogP contribution in [0.15, 0.2) is 108 Å². The summed E-state index contributed by atoms with van der Waals surface area (Å²) in [4.78, 5) is 29.4.